The second-order valence-corrected chi connectivity index (χ2v) is 17.7. The number of aryl methyl sites for hydroxylation is 4. The summed E-state index contributed by atoms with van der Waals surface area (Å²) >= 11 is 0. The molecule has 0 unspecified atom stereocenters. The number of hydrogen-bond donors (Lipinski definition) is 1. The number of fused-ring (bicyclic) bond motifs is 1. The van der Waals surface area contributed by atoms with Gasteiger partial charge < -0.3 is 5.11 Å². The summed E-state index contributed by atoms with van der Waals surface area (Å²) in [5, 5.41) is 11.8. The fourth-order valence-corrected chi connectivity index (χ4v) is 7.77. The number of rotatable bonds is 6. The third-order valence-corrected chi connectivity index (χ3v) is 11.1. The van der Waals surface area contributed by atoms with E-state index in [1.165, 1.54) is 11.1 Å². The van der Waals surface area contributed by atoms with Crippen molar-refractivity contribution in [3.63, 3.8) is 0 Å². The van der Waals surface area contributed by atoms with Crippen LogP contribution in [0.1, 0.15) is 79.0 Å². The molecule has 8 rings (SSSR count). The number of phenols is 1. The van der Waals surface area contributed by atoms with Crippen LogP contribution in [0.15, 0.2) is 128 Å². The van der Waals surface area contributed by atoms with Crippen LogP contribution in [0, 0.1) is 33.7 Å². The maximum atomic E-state index is 11.8. The number of imidazole rings is 1. The molecule has 5 heteroatoms. The van der Waals surface area contributed by atoms with E-state index in [-0.39, 0.29) is 43.2 Å². The SMILES string of the molecule is [2H]C([2H])([2H])c1ccc(-n2c(-c3cc(C)cc(C)c3O)nc3c(-c4[c-]c(-c5cc(-c6ccc(C)cc6)ccn5)cc(C(C)(C)C)c4)cccc32)c(-c2ccc(C(C)(C)C)cc2)c1.[Pt]. The van der Waals surface area contributed by atoms with Gasteiger partial charge in [0.15, 0.2) is 0 Å². The maximum Gasteiger partial charge on any atom is 0.148 e. The molecule has 4 nitrogen and oxygen atoms in total. The van der Waals surface area contributed by atoms with E-state index in [0.29, 0.717) is 11.4 Å². The summed E-state index contributed by atoms with van der Waals surface area (Å²) in [6, 6.07) is 44.6. The van der Waals surface area contributed by atoms with Crippen LogP contribution in [0.4, 0.5) is 0 Å². The Morgan fingerprint density at radius 2 is 1.27 bits per heavy atom. The second kappa shape index (κ2) is 15.9. The Morgan fingerprint density at radius 1 is 0.610 bits per heavy atom. The van der Waals surface area contributed by atoms with E-state index < -0.39 is 6.85 Å². The third kappa shape index (κ3) is 8.21. The second-order valence-electron chi connectivity index (χ2n) is 17.7. The minimum absolute atomic E-state index is 0. The number of para-hydroxylation sites is 1. The summed E-state index contributed by atoms with van der Waals surface area (Å²) in [6.45, 7) is 16.8. The van der Waals surface area contributed by atoms with Crippen molar-refractivity contribution in [2.45, 2.75) is 80.0 Å². The van der Waals surface area contributed by atoms with Crippen LogP contribution in [0.25, 0.3) is 72.7 Å². The first kappa shape index (κ1) is 37.7. The molecule has 300 valence electrons. The number of phenolic OH excluding ortho intramolecular Hbond substituents is 1. The first-order valence-electron chi connectivity index (χ1n) is 21.5. The molecule has 0 aliphatic rings. The quantitative estimate of drug-likeness (QED) is 0.169. The molecule has 0 saturated heterocycles. The summed E-state index contributed by atoms with van der Waals surface area (Å²) in [4.78, 5) is 10.3. The third-order valence-electron chi connectivity index (χ3n) is 11.1. The van der Waals surface area contributed by atoms with E-state index in [1.54, 1.807) is 12.1 Å². The van der Waals surface area contributed by atoms with Crippen molar-refractivity contribution in [3.8, 4) is 67.5 Å². The van der Waals surface area contributed by atoms with Crippen molar-refractivity contribution in [3.05, 3.63) is 167 Å². The van der Waals surface area contributed by atoms with Gasteiger partial charge in [-0.05, 0) is 102 Å². The molecular formula is C54H52N3OPt-. The van der Waals surface area contributed by atoms with Crippen LogP contribution >= 0.6 is 0 Å². The van der Waals surface area contributed by atoms with Crippen molar-refractivity contribution >= 4 is 11.0 Å². The monoisotopic (exact) mass is 956 g/mol. The van der Waals surface area contributed by atoms with Crippen LogP contribution in [-0.4, -0.2) is 19.6 Å². The Hall–Kier alpha value is -5.57. The van der Waals surface area contributed by atoms with Crippen molar-refractivity contribution in [2.24, 2.45) is 0 Å². The first-order valence-corrected chi connectivity index (χ1v) is 20.0. The Kier molecular flexibility index (Phi) is 10.1. The smallest absolute Gasteiger partial charge is 0.148 e. The zero-order valence-electron chi connectivity index (χ0n) is 38.2. The number of benzene rings is 6. The van der Waals surface area contributed by atoms with E-state index in [9.17, 15) is 5.11 Å². The van der Waals surface area contributed by atoms with Crippen molar-refractivity contribution in [2.75, 3.05) is 0 Å². The average Bonchev–Trinajstić information content (AvgIpc) is 3.60. The van der Waals surface area contributed by atoms with E-state index in [1.807, 2.05) is 56.4 Å². The van der Waals surface area contributed by atoms with E-state index in [4.69, 9.17) is 14.1 Å². The number of nitrogens with zero attached hydrogens (tertiary/aromatic N) is 3. The van der Waals surface area contributed by atoms with Gasteiger partial charge in [-0.2, -0.15) is 0 Å². The molecular weight excluding hydrogens is 902 g/mol. The number of aromatic nitrogens is 3. The molecule has 2 aromatic heterocycles. The van der Waals surface area contributed by atoms with Gasteiger partial charge >= 0.3 is 0 Å². The molecule has 0 radical (unpaired) electrons. The molecule has 0 aliphatic carbocycles. The molecule has 2 heterocycles. The molecule has 0 fully saturated rings. The predicted octanol–water partition coefficient (Wildman–Crippen LogP) is 14.1. The fraction of sp³-hybridized carbons (Fsp3) is 0.222. The Bertz CT molecular complexity index is 2950. The summed E-state index contributed by atoms with van der Waals surface area (Å²) in [6.07, 6.45) is 1.86. The van der Waals surface area contributed by atoms with E-state index >= 15 is 0 Å². The van der Waals surface area contributed by atoms with Gasteiger partial charge in [0.1, 0.15) is 11.6 Å². The molecule has 0 bridgehead atoms. The molecule has 8 aromatic rings. The average molecular weight is 957 g/mol. The molecule has 0 atom stereocenters. The number of pyridine rings is 1. The standard InChI is InChI=1S/C54H52N3O.Pt/c1-33-14-17-37(18-15-33)39-24-25-55-47(32-39)41-29-40(30-43(31-41)54(8,9)10)44-12-11-13-49-50(44)56-52(46-28-35(3)26-36(4)51(46)58)57(49)48-23-16-34(2)27-45(48)38-19-21-42(22-20-38)53(5,6)7;/h11-28,30-32,58H,1-10H3;/q-1;/i2D3;. The predicted molar refractivity (Wildman–Crippen MR) is 243 cm³/mol. The van der Waals surface area contributed by atoms with Gasteiger partial charge in [0.25, 0.3) is 0 Å². The molecule has 0 aliphatic heterocycles. The zero-order chi connectivity index (χ0) is 43.6. The number of hydrogen-bond acceptors (Lipinski definition) is 3. The largest absolute Gasteiger partial charge is 0.507 e. The van der Waals surface area contributed by atoms with Gasteiger partial charge in [-0.15, -0.1) is 29.3 Å². The van der Waals surface area contributed by atoms with Crippen LogP contribution in [0.2, 0.25) is 0 Å². The fourth-order valence-electron chi connectivity index (χ4n) is 7.77. The summed E-state index contributed by atoms with van der Waals surface area (Å²) in [5.41, 5.74) is 15.3. The van der Waals surface area contributed by atoms with Gasteiger partial charge in [0.05, 0.1) is 22.3 Å². The Balaban J connectivity index is 0.00000578. The van der Waals surface area contributed by atoms with Crippen LogP contribution in [0.5, 0.6) is 5.75 Å². The van der Waals surface area contributed by atoms with Gasteiger partial charge in [0.2, 0.25) is 0 Å². The van der Waals surface area contributed by atoms with E-state index in [2.05, 4.69) is 132 Å². The molecule has 0 spiro atoms. The molecule has 6 aromatic carbocycles. The topological polar surface area (TPSA) is 50.9 Å². The summed E-state index contributed by atoms with van der Waals surface area (Å²) in [7, 11) is 0. The minimum Gasteiger partial charge on any atom is -0.507 e. The summed E-state index contributed by atoms with van der Waals surface area (Å²) in [5.74, 6) is 0.683. The minimum atomic E-state index is -2.32. The van der Waals surface area contributed by atoms with Crippen molar-refractivity contribution in [1.29, 1.82) is 0 Å². The first-order chi connectivity index (χ1) is 28.8. The van der Waals surface area contributed by atoms with E-state index in [0.717, 1.165) is 78.0 Å². The van der Waals surface area contributed by atoms with Crippen LogP contribution in [0.3, 0.4) is 0 Å². The normalized spacial score (nSPS) is 12.8. The maximum absolute atomic E-state index is 11.8. The van der Waals surface area contributed by atoms with Crippen LogP contribution in [-0.2, 0) is 31.9 Å². The van der Waals surface area contributed by atoms with Gasteiger partial charge in [0, 0.05) is 42.6 Å². The van der Waals surface area contributed by atoms with Crippen LogP contribution < -0.4 is 0 Å². The Morgan fingerprint density at radius 3 is 1.97 bits per heavy atom. The Labute approximate surface area is 368 Å². The molecule has 59 heavy (non-hydrogen) atoms. The molecule has 0 amide bonds. The molecule has 0 saturated carbocycles. The zero-order valence-corrected chi connectivity index (χ0v) is 37.5. The van der Waals surface area contributed by atoms with Gasteiger partial charge in [-0.1, -0.05) is 143 Å². The van der Waals surface area contributed by atoms with Gasteiger partial charge in [-0.3, -0.25) is 9.55 Å². The molecule has 1 N–H and O–H groups in total. The van der Waals surface area contributed by atoms with Crippen molar-refractivity contribution in [1.82, 2.24) is 14.5 Å². The summed E-state index contributed by atoms with van der Waals surface area (Å²) < 4.78 is 27.2. The van der Waals surface area contributed by atoms with Crippen molar-refractivity contribution < 1.29 is 30.3 Å². The van der Waals surface area contributed by atoms with Gasteiger partial charge in [-0.25, -0.2) is 4.98 Å². The number of aromatic hydroxyl groups is 1.